The quantitative estimate of drug-likeness (QED) is 0.622. The SMILES string of the molecule is CCOc1ccc(C(=O)C(CC)C(=O)O)cc1C. The van der Waals surface area contributed by atoms with Gasteiger partial charge in [0, 0.05) is 5.56 Å². The number of rotatable bonds is 6. The van der Waals surface area contributed by atoms with Gasteiger partial charge in [0.25, 0.3) is 0 Å². The number of carbonyl (C=O) groups is 2. The number of hydrogen-bond donors (Lipinski definition) is 1. The third kappa shape index (κ3) is 3.09. The summed E-state index contributed by atoms with van der Waals surface area (Å²) in [7, 11) is 0. The van der Waals surface area contributed by atoms with Crippen LogP contribution in [-0.2, 0) is 4.79 Å². The van der Waals surface area contributed by atoms with Crippen molar-refractivity contribution in [2.45, 2.75) is 27.2 Å². The van der Waals surface area contributed by atoms with Crippen molar-refractivity contribution in [2.24, 2.45) is 5.92 Å². The Balaban J connectivity index is 3.00. The zero-order chi connectivity index (χ0) is 13.7. The minimum Gasteiger partial charge on any atom is -0.494 e. The van der Waals surface area contributed by atoms with Gasteiger partial charge in [-0.1, -0.05) is 6.92 Å². The van der Waals surface area contributed by atoms with E-state index in [2.05, 4.69) is 0 Å². The molecule has 0 aliphatic rings. The number of carboxylic acids is 1. The van der Waals surface area contributed by atoms with Crippen molar-refractivity contribution in [3.05, 3.63) is 29.3 Å². The molecule has 1 atom stereocenters. The van der Waals surface area contributed by atoms with Crippen molar-refractivity contribution in [2.75, 3.05) is 6.61 Å². The lowest BCUT2D eigenvalue weighted by Gasteiger charge is -2.11. The highest BCUT2D eigenvalue weighted by molar-refractivity contribution is 6.08. The molecule has 0 saturated carbocycles. The molecule has 0 saturated heterocycles. The molecule has 0 aromatic heterocycles. The van der Waals surface area contributed by atoms with Crippen LogP contribution in [0.4, 0.5) is 0 Å². The summed E-state index contributed by atoms with van der Waals surface area (Å²) in [5, 5.41) is 8.97. The zero-order valence-electron chi connectivity index (χ0n) is 10.9. The molecule has 98 valence electrons. The molecule has 0 radical (unpaired) electrons. The van der Waals surface area contributed by atoms with Crippen LogP contribution in [0.5, 0.6) is 5.75 Å². The maximum absolute atomic E-state index is 12.0. The predicted octanol–water partition coefficient (Wildman–Crippen LogP) is 2.69. The van der Waals surface area contributed by atoms with Crippen molar-refractivity contribution < 1.29 is 19.4 Å². The third-order valence-electron chi connectivity index (χ3n) is 2.78. The Labute approximate surface area is 107 Å². The summed E-state index contributed by atoms with van der Waals surface area (Å²) in [4.78, 5) is 23.0. The van der Waals surface area contributed by atoms with Crippen molar-refractivity contribution >= 4 is 11.8 Å². The summed E-state index contributed by atoms with van der Waals surface area (Å²) >= 11 is 0. The summed E-state index contributed by atoms with van der Waals surface area (Å²) in [6.07, 6.45) is 0.292. The number of Topliss-reactive ketones (excluding diaryl/α,β-unsaturated/α-hetero) is 1. The minimum atomic E-state index is -1.07. The van der Waals surface area contributed by atoms with E-state index in [0.29, 0.717) is 18.6 Å². The van der Waals surface area contributed by atoms with Crippen molar-refractivity contribution in [3.8, 4) is 5.75 Å². The van der Waals surface area contributed by atoms with E-state index in [9.17, 15) is 9.59 Å². The number of benzene rings is 1. The second-order valence-corrected chi connectivity index (χ2v) is 4.08. The van der Waals surface area contributed by atoms with E-state index in [1.165, 1.54) is 0 Å². The van der Waals surface area contributed by atoms with Crippen LogP contribution in [-0.4, -0.2) is 23.5 Å². The van der Waals surface area contributed by atoms with Crippen LogP contribution < -0.4 is 4.74 Å². The second kappa shape index (κ2) is 6.19. The molecule has 4 nitrogen and oxygen atoms in total. The minimum absolute atomic E-state index is 0.292. The van der Waals surface area contributed by atoms with E-state index < -0.39 is 11.9 Å². The second-order valence-electron chi connectivity index (χ2n) is 4.08. The van der Waals surface area contributed by atoms with Crippen LogP contribution in [0.3, 0.4) is 0 Å². The van der Waals surface area contributed by atoms with Gasteiger partial charge in [-0.2, -0.15) is 0 Å². The van der Waals surface area contributed by atoms with E-state index in [1.807, 2.05) is 13.8 Å². The summed E-state index contributed by atoms with van der Waals surface area (Å²) < 4.78 is 5.38. The number of carbonyl (C=O) groups excluding carboxylic acids is 1. The van der Waals surface area contributed by atoms with Gasteiger partial charge in [-0.25, -0.2) is 0 Å². The Morgan fingerprint density at radius 2 is 2.00 bits per heavy atom. The van der Waals surface area contributed by atoms with Gasteiger partial charge in [-0.05, 0) is 44.0 Å². The lowest BCUT2D eigenvalue weighted by molar-refractivity contribution is -0.140. The van der Waals surface area contributed by atoms with Crippen LogP contribution in [0, 0.1) is 12.8 Å². The number of carboxylic acid groups (broad SMARTS) is 1. The fraction of sp³-hybridized carbons (Fsp3) is 0.429. The largest absolute Gasteiger partial charge is 0.494 e. The van der Waals surface area contributed by atoms with Crippen LogP contribution in [0.1, 0.15) is 36.2 Å². The first-order valence-electron chi connectivity index (χ1n) is 6.01. The normalized spacial score (nSPS) is 11.9. The van der Waals surface area contributed by atoms with Gasteiger partial charge in [-0.3, -0.25) is 9.59 Å². The molecule has 18 heavy (non-hydrogen) atoms. The molecule has 0 fully saturated rings. The number of aliphatic carboxylic acids is 1. The van der Waals surface area contributed by atoms with Crippen LogP contribution in [0.25, 0.3) is 0 Å². The highest BCUT2D eigenvalue weighted by Crippen LogP contribution is 2.21. The smallest absolute Gasteiger partial charge is 0.314 e. The summed E-state index contributed by atoms with van der Waals surface area (Å²) in [6, 6.07) is 5.01. The number of hydrogen-bond acceptors (Lipinski definition) is 3. The van der Waals surface area contributed by atoms with Crippen LogP contribution >= 0.6 is 0 Å². The molecule has 0 aliphatic heterocycles. The van der Waals surface area contributed by atoms with Crippen LogP contribution in [0.2, 0.25) is 0 Å². The molecule has 0 aliphatic carbocycles. The van der Waals surface area contributed by atoms with E-state index in [-0.39, 0.29) is 5.78 Å². The lowest BCUT2D eigenvalue weighted by Crippen LogP contribution is -2.23. The maximum Gasteiger partial charge on any atom is 0.314 e. The van der Waals surface area contributed by atoms with E-state index in [1.54, 1.807) is 25.1 Å². The molecule has 1 unspecified atom stereocenters. The van der Waals surface area contributed by atoms with E-state index in [4.69, 9.17) is 9.84 Å². The molecule has 1 aromatic carbocycles. The van der Waals surface area contributed by atoms with Gasteiger partial charge in [0.15, 0.2) is 5.78 Å². The van der Waals surface area contributed by atoms with Gasteiger partial charge in [-0.15, -0.1) is 0 Å². The van der Waals surface area contributed by atoms with Gasteiger partial charge in [0.1, 0.15) is 11.7 Å². The summed E-state index contributed by atoms with van der Waals surface area (Å²) in [6.45, 7) is 5.97. The summed E-state index contributed by atoms with van der Waals surface area (Å²) in [5.41, 5.74) is 1.26. The molecular formula is C14H18O4. The molecular weight excluding hydrogens is 232 g/mol. The number of ether oxygens (including phenoxy) is 1. The first kappa shape index (κ1) is 14.2. The Bertz CT molecular complexity index is 451. The monoisotopic (exact) mass is 250 g/mol. The lowest BCUT2D eigenvalue weighted by atomic mass is 9.94. The highest BCUT2D eigenvalue weighted by Gasteiger charge is 2.25. The molecule has 1 N–H and O–H groups in total. The zero-order valence-corrected chi connectivity index (χ0v) is 10.9. The molecule has 1 rings (SSSR count). The fourth-order valence-electron chi connectivity index (χ4n) is 1.79. The van der Waals surface area contributed by atoms with Crippen molar-refractivity contribution in [3.63, 3.8) is 0 Å². The summed E-state index contributed by atoms with van der Waals surface area (Å²) in [5.74, 6) is -1.68. The molecule has 0 heterocycles. The van der Waals surface area contributed by atoms with Gasteiger partial charge >= 0.3 is 5.97 Å². The average molecular weight is 250 g/mol. The third-order valence-corrected chi connectivity index (χ3v) is 2.78. The van der Waals surface area contributed by atoms with Crippen molar-refractivity contribution in [1.82, 2.24) is 0 Å². The Hall–Kier alpha value is -1.84. The standard InChI is InChI=1S/C14H18O4/c1-4-11(14(16)17)13(15)10-6-7-12(18-5-2)9(3)8-10/h6-8,11H,4-5H2,1-3H3,(H,16,17). The fourth-order valence-corrected chi connectivity index (χ4v) is 1.79. The van der Waals surface area contributed by atoms with E-state index in [0.717, 1.165) is 11.3 Å². The van der Waals surface area contributed by atoms with Crippen LogP contribution in [0.15, 0.2) is 18.2 Å². The van der Waals surface area contributed by atoms with Crippen molar-refractivity contribution in [1.29, 1.82) is 0 Å². The van der Waals surface area contributed by atoms with Gasteiger partial charge in [0.2, 0.25) is 0 Å². The number of aryl methyl sites for hydroxylation is 1. The first-order chi connectivity index (χ1) is 8.51. The predicted molar refractivity (Wildman–Crippen MR) is 68.1 cm³/mol. The molecule has 0 spiro atoms. The molecule has 0 amide bonds. The topological polar surface area (TPSA) is 63.6 Å². The Kier molecular flexibility index (Phi) is 4.89. The Morgan fingerprint density at radius 1 is 1.33 bits per heavy atom. The highest BCUT2D eigenvalue weighted by atomic mass is 16.5. The van der Waals surface area contributed by atoms with Gasteiger partial charge < -0.3 is 9.84 Å². The van der Waals surface area contributed by atoms with E-state index >= 15 is 0 Å². The van der Waals surface area contributed by atoms with Gasteiger partial charge in [0.05, 0.1) is 6.61 Å². The molecule has 0 bridgehead atoms. The molecule has 1 aromatic rings. The average Bonchev–Trinajstić information content (AvgIpc) is 2.32. The number of ketones is 1. The Morgan fingerprint density at radius 3 is 2.44 bits per heavy atom. The molecule has 4 heteroatoms. The first-order valence-corrected chi connectivity index (χ1v) is 6.01. The maximum atomic E-state index is 12.0.